The maximum Gasteiger partial charge on any atom is 0.392 e. The molecule has 1 heterocycles. The average Bonchev–Trinajstić information content (AvgIpc) is 2.70. The molecule has 1 amide bonds. The molecular formula is C15H24F3NO2. The first-order valence-corrected chi connectivity index (χ1v) is 7.93. The van der Waals surface area contributed by atoms with Crippen molar-refractivity contribution in [2.45, 2.75) is 63.6 Å². The third-order valence-electron chi connectivity index (χ3n) is 4.87. The number of likely N-dealkylation sites (tertiary alicyclic amines) is 1. The van der Waals surface area contributed by atoms with Crippen LogP contribution in [-0.2, 0) is 4.79 Å². The molecule has 1 saturated heterocycles. The van der Waals surface area contributed by atoms with Gasteiger partial charge in [0.15, 0.2) is 0 Å². The lowest BCUT2D eigenvalue weighted by Gasteiger charge is -2.37. The predicted octanol–water partition coefficient (Wildman–Crippen LogP) is 3.12. The summed E-state index contributed by atoms with van der Waals surface area (Å²) in [7, 11) is 0. The van der Waals surface area contributed by atoms with Crippen LogP contribution < -0.4 is 0 Å². The highest BCUT2D eigenvalue weighted by atomic mass is 19.4. The summed E-state index contributed by atoms with van der Waals surface area (Å²) < 4.78 is 39.5. The normalized spacial score (nSPS) is 31.8. The van der Waals surface area contributed by atoms with Gasteiger partial charge in [0.25, 0.3) is 0 Å². The molecule has 2 rings (SSSR count). The van der Waals surface area contributed by atoms with Crippen LogP contribution in [0.1, 0.15) is 51.4 Å². The van der Waals surface area contributed by atoms with Gasteiger partial charge in [0.2, 0.25) is 5.91 Å². The van der Waals surface area contributed by atoms with Crippen LogP contribution in [-0.4, -0.2) is 41.3 Å². The van der Waals surface area contributed by atoms with Gasteiger partial charge in [0, 0.05) is 12.5 Å². The van der Waals surface area contributed by atoms with Crippen LogP contribution in [0.4, 0.5) is 13.2 Å². The SMILES string of the molecule is O=C(C1CCCCC1C(F)(F)F)N1CCCCCC1CO. The van der Waals surface area contributed by atoms with E-state index in [1.165, 1.54) is 4.90 Å². The first-order chi connectivity index (χ1) is 9.95. The third kappa shape index (κ3) is 3.90. The molecule has 1 aliphatic carbocycles. The second-order valence-electron chi connectivity index (χ2n) is 6.26. The lowest BCUT2D eigenvalue weighted by atomic mass is 9.77. The zero-order valence-electron chi connectivity index (χ0n) is 12.2. The summed E-state index contributed by atoms with van der Waals surface area (Å²) in [5.41, 5.74) is 0. The molecule has 3 nitrogen and oxygen atoms in total. The Balaban J connectivity index is 2.15. The van der Waals surface area contributed by atoms with Crippen LogP contribution in [0.5, 0.6) is 0 Å². The molecule has 2 fully saturated rings. The molecule has 0 bridgehead atoms. The zero-order valence-corrected chi connectivity index (χ0v) is 12.2. The number of nitrogens with zero attached hydrogens (tertiary/aromatic N) is 1. The van der Waals surface area contributed by atoms with Gasteiger partial charge in [-0.25, -0.2) is 0 Å². The maximum atomic E-state index is 13.2. The molecule has 0 aromatic carbocycles. The van der Waals surface area contributed by atoms with Crippen LogP contribution >= 0.6 is 0 Å². The minimum atomic E-state index is -4.30. The molecule has 0 spiro atoms. The number of hydrogen-bond acceptors (Lipinski definition) is 2. The van der Waals surface area contributed by atoms with Gasteiger partial charge in [-0.15, -0.1) is 0 Å². The Hall–Kier alpha value is -0.780. The van der Waals surface area contributed by atoms with Gasteiger partial charge in [0.1, 0.15) is 0 Å². The van der Waals surface area contributed by atoms with Crippen molar-refractivity contribution in [2.24, 2.45) is 11.8 Å². The summed E-state index contributed by atoms with van der Waals surface area (Å²) in [5.74, 6) is -2.86. The fourth-order valence-corrected chi connectivity index (χ4v) is 3.69. The highest BCUT2D eigenvalue weighted by Gasteiger charge is 2.49. The summed E-state index contributed by atoms with van der Waals surface area (Å²) in [6, 6.07) is -0.309. The monoisotopic (exact) mass is 307 g/mol. The first-order valence-electron chi connectivity index (χ1n) is 7.93. The molecule has 122 valence electrons. The summed E-state index contributed by atoms with van der Waals surface area (Å²) in [5, 5.41) is 9.44. The molecule has 1 N–H and O–H groups in total. The third-order valence-corrected chi connectivity index (χ3v) is 4.87. The molecule has 21 heavy (non-hydrogen) atoms. The fraction of sp³-hybridized carbons (Fsp3) is 0.933. The average molecular weight is 307 g/mol. The van der Waals surface area contributed by atoms with Gasteiger partial charge in [0.05, 0.1) is 18.6 Å². The number of carbonyl (C=O) groups is 1. The van der Waals surface area contributed by atoms with Crippen molar-refractivity contribution in [1.82, 2.24) is 4.90 Å². The lowest BCUT2D eigenvalue weighted by Crippen LogP contribution is -2.49. The Morgan fingerprint density at radius 3 is 2.38 bits per heavy atom. The summed E-state index contributed by atoms with van der Waals surface area (Å²) in [6.07, 6.45) is 0.668. The molecule has 6 heteroatoms. The number of rotatable bonds is 2. The number of alkyl halides is 3. The summed E-state index contributed by atoms with van der Waals surface area (Å²) in [4.78, 5) is 14.2. The van der Waals surface area contributed by atoms with Gasteiger partial charge in [-0.2, -0.15) is 13.2 Å². The van der Waals surface area contributed by atoms with Gasteiger partial charge >= 0.3 is 6.18 Å². The van der Waals surface area contributed by atoms with Crippen molar-refractivity contribution in [3.8, 4) is 0 Å². The minimum Gasteiger partial charge on any atom is -0.394 e. The van der Waals surface area contributed by atoms with E-state index >= 15 is 0 Å². The molecule has 2 aliphatic rings. The molecule has 1 saturated carbocycles. The Labute approximate surface area is 123 Å². The van der Waals surface area contributed by atoms with Gasteiger partial charge in [-0.1, -0.05) is 25.7 Å². The number of aliphatic hydroxyl groups is 1. The van der Waals surface area contributed by atoms with E-state index in [1.807, 2.05) is 0 Å². The fourth-order valence-electron chi connectivity index (χ4n) is 3.69. The number of carbonyl (C=O) groups excluding carboxylic acids is 1. The van der Waals surface area contributed by atoms with Crippen molar-refractivity contribution in [1.29, 1.82) is 0 Å². The second kappa shape index (κ2) is 6.99. The Kier molecular flexibility index (Phi) is 5.52. The standard InChI is InChI=1S/C15H24F3NO2/c16-15(17,18)13-8-4-3-7-12(13)14(21)19-9-5-1-2-6-11(19)10-20/h11-13,20H,1-10H2. The zero-order chi connectivity index (χ0) is 15.5. The Morgan fingerprint density at radius 1 is 1.05 bits per heavy atom. The molecule has 1 aliphatic heterocycles. The van der Waals surface area contributed by atoms with E-state index in [2.05, 4.69) is 0 Å². The van der Waals surface area contributed by atoms with Gasteiger partial charge in [-0.05, 0) is 25.7 Å². The van der Waals surface area contributed by atoms with Crippen LogP contribution in [0, 0.1) is 11.8 Å². The van der Waals surface area contributed by atoms with Gasteiger partial charge < -0.3 is 10.0 Å². The minimum absolute atomic E-state index is 0.0531. The molecule has 0 radical (unpaired) electrons. The van der Waals surface area contributed by atoms with E-state index in [1.54, 1.807) is 0 Å². The largest absolute Gasteiger partial charge is 0.394 e. The topological polar surface area (TPSA) is 40.5 Å². The van der Waals surface area contributed by atoms with E-state index in [9.17, 15) is 23.1 Å². The van der Waals surface area contributed by atoms with E-state index in [4.69, 9.17) is 0 Å². The highest BCUT2D eigenvalue weighted by molar-refractivity contribution is 5.79. The van der Waals surface area contributed by atoms with Crippen LogP contribution in [0.3, 0.4) is 0 Å². The van der Waals surface area contributed by atoms with Crippen LogP contribution in [0.2, 0.25) is 0 Å². The van der Waals surface area contributed by atoms with E-state index < -0.39 is 23.9 Å². The van der Waals surface area contributed by atoms with E-state index in [0.29, 0.717) is 32.2 Å². The van der Waals surface area contributed by atoms with Crippen molar-refractivity contribution in [3.05, 3.63) is 0 Å². The van der Waals surface area contributed by atoms with Gasteiger partial charge in [-0.3, -0.25) is 4.79 Å². The Morgan fingerprint density at radius 2 is 1.71 bits per heavy atom. The highest BCUT2D eigenvalue weighted by Crippen LogP contribution is 2.42. The van der Waals surface area contributed by atoms with E-state index in [0.717, 1.165) is 19.3 Å². The molecular weight excluding hydrogens is 283 g/mol. The quantitative estimate of drug-likeness (QED) is 0.851. The molecule has 3 unspecified atom stereocenters. The predicted molar refractivity (Wildman–Crippen MR) is 72.6 cm³/mol. The molecule has 0 aromatic rings. The van der Waals surface area contributed by atoms with Crippen molar-refractivity contribution in [2.75, 3.05) is 13.2 Å². The first kappa shape index (κ1) is 16.6. The maximum absolute atomic E-state index is 13.2. The van der Waals surface area contributed by atoms with Crippen LogP contribution in [0.15, 0.2) is 0 Å². The van der Waals surface area contributed by atoms with Crippen molar-refractivity contribution >= 4 is 5.91 Å². The number of hydrogen-bond donors (Lipinski definition) is 1. The number of halogens is 3. The Bertz CT molecular complexity index is 359. The van der Waals surface area contributed by atoms with Crippen molar-refractivity contribution < 1.29 is 23.1 Å². The second-order valence-corrected chi connectivity index (χ2v) is 6.26. The lowest BCUT2D eigenvalue weighted by molar-refractivity contribution is -0.201. The molecule has 3 atom stereocenters. The number of aliphatic hydroxyl groups excluding tert-OH is 1. The summed E-state index contributed by atoms with van der Waals surface area (Å²) >= 11 is 0. The van der Waals surface area contributed by atoms with Crippen LogP contribution in [0.25, 0.3) is 0 Å². The smallest absolute Gasteiger partial charge is 0.392 e. The van der Waals surface area contributed by atoms with Crippen molar-refractivity contribution in [3.63, 3.8) is 0 Å². The molecule has 0 aromatic heterocycles. The summed E-state index contributed by atoms with van der Waals surface area (Å²) in [6.45, 7) is 0.320. The van der Waals surface area contributed by atoms with E-state index in [-0.39, 0.29) is 19.1 Å². The number of amides is 1.